The Bertz CT molecular complexity index is 423. The van der Waals surface area contributed by atoms with Gasteiger partial charge in [-0.2, -0.15) is 0 Å². The minimum absolute atomic E-state index is 0.0475. The Hall–Kier alpha value is -1.37. The lowest BCUT2D eigenvalue weighted by atomic mass is 10.1. The van der Waals surface area contributed by atoms with Gasteiger partial charge in [-0.15, -0.1) is 0 Å². The molecule has 0 amide bonds. The van der Waals surface area contributed by atoms with Gasteiger partial charge >= 0.3 is 0 Å². The Morgan fingerprint density at radius 1 is 1.09 bits per heavy atom. The van der Waals surface area contributed by atoms with Crippen LogP contribution in [0.2, 0.25) is 0 Å². The van der Waals surface area contributed by atoms with Gasteiger partial charge in [-0.1, -0.05) is 36.4 Å². The van der Waals surface area contributed by atoms with Gasteiger partial charge in [0.05, 0.1) is 1.37 Å². The molecule has 0 N–H and O–H groups in total. The monoisotopic (exact) mass is 147 g/mol. The highest BCUT2D eigenvalue weighted by Gasteiger charge is 1.95. The zero-order chi connectivity index (χ0) is 8.55. The number of hydrogen-bond donors (Lipinski definition) is 0. The van der Waals surface area contributed by atoms with Crippen molar-refractivity contribution in [3.05, 3.63) is 48.3 Å². The topological polar surface area (TPSA) is 0 Å². The Balaban J connectivity index is 2.91. The first-order valence-electron chi connectivity index (χ1n) is 3.93. The highest BCUT2D eigenvalue weighted by molar-refractivity contribution is 5.82. The van der Waals surface area contributed by atoms with Crippen molar-refractivity contribution >= 4 is 10.8 Å². The van der Waals surface area contributed by atoms with Gasteiger partial charge in [0.1, 0.15) is 5.82 Å². The molecule has 2 aromatic rings. The Labute approximate surface area is 65.7 Å². The van der Waals surface area contributed by atoms with Crippen LogP contribution in [0.4, 0.5) is 4.39 Å². The molecule has 0 aromatic heterocycles. The van der Waals surface area contributed by atoms with Crippen LogP contribution in [0.1, 0.15) is 1.37 Å². The van der Waals surface area contributed by atoms with Crippen molar-refractivity contribution in [1.82, 2.24) is 0 Å². The summed E-state index contributed by atoms with van der Waals surface area (Å²) in [5.41, 5.74) is 0. The molecule has 0 spiro atoms. The minimum Gasteiger partial charge on any atom is -0.206 e. The summed E-state index contributed by atoms with van der Waals surface area (Å²) in [5, 5.41) is 1.36. The molecule has 0 fully saturated rings. The third kappa shape index (κ3) is 0.984. The van der Waals surface area contributed by atoms with Gasteiger partial charge in [0.2, 0.25) is 0 Å². The number of halogens is 1. The Morgan fingerprint density at radius 2 is 1.82 bits per heavy atom. The molecule has 0 saturated heterocycles. The van der Waals surface area contributed by atoms with E-state index in [-0.39, 0.29) is 6.04 Å². The molecule has 0 bridgehead atoms. The normalized spacial score (nSPS) is 11.5. The van der Waals surface area contributed by atoms with Crippen molar-refractivity contribution in [1.29, 1.82) is 0 Å². The summed E-state index contributed by atoms with van der Waals surface area (Å²) in [6.45, 7) is 0. The first-order valence-corrected chi connectivity index (χ1v) is 3.43. The molecule has 0 nitrogen and oxygen atoms in total. The van der Waals surface area contributed by atoms with Crippen LogP contribution in [0.15, 0.2) is 42.4 Å². The fraction of sp³-hybridized carbons (Fsp3) is 0. The molecule has 0 saturated carbocycles. The molecule has 2 rings (SSSR count). The average molecular weight is 147 g/mol. The van der Waals surface area contributed by atoms with Gasteiger partial charge < -0.3 is 0 Å². The van der Waals surface area contributed by atoms with Crippen molar-refractivity contribution in [2.75, 3.05) is 0 Å². The zero-order valence-corrected chi connectivity index (χ0v) is 5.84. The summed E-state index contributed by atoms with van der Waals surface area (Å²) in [7, 11) is 0. The van der Waals surface area contributed by atoms with Gasteiger partial charge in [0.15, 0.2) is 0 Å². The zero-order valence-electron chi connectivity index (χ0n) is 6.84. The predicted octanol–water partition coefficient (Wildman–Crippen LogP) is 2.98. The molecule has 11 heavy (non-hydrogen) atoms. The largest absolute Gasteiger partial charge is 0.206 e. The van der Waals surface area contributed by atoms with Gasteiger partial charge in [0, 0.05) is 5.39 Å². The summed E-state index contributed by atoms with van der Waals surface area (Å²) in [6, 6.07) is 10.3. The second kappa shape index (κ2) is 2.35. The van der Waals surface area contributed by atoms with Crippen LogP contribution in [0.3, 0.4) is 0 Å². The first-order chi connectivity index (χ1) is 5.79. The highest BCUT2D eigenvalue weighted by atomic mass is 19.1. The van der Waals surface area contributed by atoms with Crippen molar-refractivity contribution in [3.63, 3.8) is 0 Å². The second-order valence-corrected chi connectivity index (χ2v) is 2.38. The van der Waals surface area contributed by atoms with E-state index >= 15 is 0 Å². The predicted molar refractivity (Wildman–Crippen MR) is 43.9 cm³/mol. The molecule has 0 aliphatic rings. The third-order valence-electron chi connectivity index (χ3n) is 1.67. The maximum Gasteiger partial charge on any atom is 0.131 e. The van der Waals surface area contributed by atoms with E-state index in [9.17, 15) is 4.39 Å². The van der Waals surface area contributed by atoms with E-state index in [1.54, 1.807) is 18.2 Å². The summed E-state index contributed by atoms with van der Waals surface area (Å²) in [4.78, 5) is 0. The maximum atomic E-state index is 13.2. The van der Waals surface area contributed by atoms with Crippen LogP contribution in [0.25, 0.3) is 10.8 Å². The van der Waals surface area contributed by atoms with Crippen molar-refractivity contribution in [2.24, 2.45) is 0 Å². The second-order valence-electron chi connectivity index (χ2n) is 2.38. The highest BCUT2D eigenvalue weighted by Crippen LogP contribution is 2.15. The SMILES string of the molecule is [2H]c1ccc2ccccc2c1F. The standard InChI is InChI=1S/C10H7F/c11-10-7-3-5-8-4-1-2-6-9(8)10/h1-7H/i7D. The molecule has 0 radical (unpaired) electrons. The molecular formula is C10H7F. The fourth-order valence-corrected chi connectivity index (χ4v) is 1.12. The smallest absolute Gasteiger partial charge is 0.131 e. The van der Waals surface area contributed by atoms with Crippen LogP contribution < -0.4 is 0 Å². The molecule has 0 heterocycles. The van der Waals surface area contributed by atoms with Crippen LogP contribution in [0, 0.1) is 5.82 Å². The van der Waals surface area contributed by atoms with Crippen molar-refractivity contribution in [2.45, 2.75) is 0 Å². The molecule has 0 atom stereocenters. The average Bonchev–Trinajstić information content (AvgIpc) is 2.12. The summed E-state index contributed by atoms with van der Waals surface area (Å²) < 4.78 is 20.4. The molecule has 0 aliphatic heterocycles. The lowest BCUT2D eigenvalue weighted by molar-refractivity contribution is 0.640. The van der Waals surface area contributed by atoms with E-state index in [0.717, 1.165) is 5.39 Å². The van der Waals surface area contributed by atoms with Gasteiger partial charge in [-0.3, -0.25) is 0 Å². The van der Waals surface area contributed by atoms with E-state index in [0.29, 0.717) is 5.39 Å². The van der Waals surface area contributed by atoms with Gasteiger partial charge in [-0.05, 0) is 11.4 Å². The number of benzene rings is 2. The van der Waals surface area contributed by atoms with Gasteiger partial charge in [-0.25, -0.2) is 4.39 Å². The first kappa shape index (κ1) is 5.30. The molecule has 54 valence electrons. The van der Waals surface area contributed by atoms with E-state index in [1.807, 2.05) is 12.1 Å². The summed E-state index contributed by atoms with van der Waals surface area (Å²) in [6.07, 6.45) is 0. The third-order valence-corrected chi connectivity index (χ3v) is 1.67. The molecule has 2 aromatic carbocycles. The molecule has 1 heteroatoms. The van der Waals surface area contributed by atoms with Crippen LogP contribution >= 0.6 is 0 Å². The Morgan fingerprint density at radius 3 is 2.73 bits per heavy atom. The molecule has 0 unspecified atom stereocenters. The number of rotatable bonds is 0. The van der Waals surface area contributed by atoms with Gasteiger partial charge in [0.25, 0.3) is 0 Å². The van der Waals surface area contributed by atoms with E-state index in [2.05, 4.69) is 0 Å². The number of fused-ring (bicyclic) bond motifs is 1. The number of hydrogen-bond acceptors (Lipinski definition) is 0. The molecular weight excluding hydrogens is 139 g/mol. The van der Waals surface area contributed by atoms with Crippen molar-refractivity contribution in [3.8, 4) is 0 Å². The quantitative estimate of drug-likeness (QED) is 0.537. The van der Waals surface area contributed by atoms with Crippen LogP contribution in [0.5, 0.6) is 0 Å². The summed E-state index contributed by atoms with van der Waals surface area (Å²) in [5.74, 6) is -0.437. The van der Waals surface area contributed by atoms with Crippen LogP contribution in [-0.2, 0) is 0 Å². The van der Waals surface area contributed by atoms with Crippen LogP contribution in [-0.4, -0.2) is 0 Å². The van der Waals surface area contributed by atoms with E-state index < -0.39 is 5.82 Å². The minimum atomic E-state index is -0.437. The fourth-order valence-electron chi connectivity index (χ4n) is 1.12. The maximum absolute atomic E-state index is 13.2. The van der Waals surface area contributed by atoms with E-state index in [1.165, 1.54) is 6.07 Å². The molecule has 0 aliphatic carbocycles. The lowest BCUT2D eigenvalue weighted by Gasteiger charge is -1.95. The lowest BCUT2D eigenvalue weighted by Crippen LogP contribution is -1.76. The van der Waals surface area contributed by atoms with E-state index in [4.69, 9.17) is 1.37 Å². The Kier molecular flexibility index (Phi) is 1.13. The van der Waals surface area contributed by atoms with Crippen molar-refractivity contribution < 1.29 is 5.76 Å². The summed E-state index contributed by atoms with van der Waals surface area (Å²) >= 11 is 0.